The zero-order chi connectivity index (χ0) is 19.9. The zero-order valence-electron chi connectivity index (χ0n) is 15.3. The molecule has 1 aromatic heterocycles. The van der Waals surface area contributed by atoms with Crippen LogP contribution in [0.2, 0.25) is 0 Å². The molecule has 2 aromatic carbocycles. The van der Waals surface area contributed by atoms with E-state index in [1.54, 1.807) is 60.9 Å². The second-order valence-electron chi connectivity index (χ2n) is 6.21. The largest absolute Gasteiger partial charge is 0.348 e. The third kappa shape index (κ3) is 4.88. The molecule has 0 radical (unpaired) electrons. The summed E-state index contributed by atoms with van der Waals surface area (Å²) in [6.45, 7) is 1.87. The Kier molecular flexibility index (Phi) is 5.91. The van der Waals surface area contributed by atoms with E-state index in [1.807, 2.05) is 12.1 Å². The Morgan fingerprint density at radius 3 is 2.00 bits per heavy atom. The quantitative estimate of drug-likeness (QED) is 0.648. The normalized spacial score (nSPS) is 10.2. The second-order valence-corrected chi connectivity index (χ2v) is 6.21. The first-order valence-electron chi connectivity index (χ1n) is 8.72. The molecule has 0 atom stereocenters. The van der Waals surface area contributed by atoms with Crippen LogP contribution in [0.25, 0.3) is 0 Å². The van der Waals surface area contributed by atoms with E-state index in [0.717, 1.165) is 5.56 Å². The Morgan fingerprint density at radius 1 is 0.821 bits per heavy atom. The van der Waals surface area contributed by atoms with Gasteiger partial charge in [0.05, 0.1) is 0 Å². The lowest BCUT2D eigenvalue weighted by Gasteiger charge is -2.08. The number of hydrogen-bond donors (Lipinski definition) is 2. The molecular formula is C22H19N3O3. The van der Waals surface area contributed by atoms with E-state index in [0.29, 0.717) is 28.9 Å². The van der Waals surface area contributed by atoms with Crippen LogP contribution in [0.3, 0.4) is 0 Å². The second kappa shape index (κ2) is 8.73. The van der Waals surface area contributed by atoms with Crippen molar-refractivity contribution >= 4 is 23.3 Å². The number of aromatic nitrogens is 1. The van der Waals surface area contributed by atoms with Crippen molar-refractivity contribution in [2.45, 2.75) is 13.5 Å². The number of amides is 2. The third-order valence-corrected chi connectivity index (χ3v) is 4.13. The van der Waals surface area contributed by atoms with Crippen LogP contribution in [0.4, 0.5) is 5.69 Å². The van der Waals surface area contributed by atoms with Gasteiger partial charge in [-0.15, -0.1) is 0 Å². The van der Waals surface area contributed by atoms with Crippen LogP contribution in [0, 0.1) is 0 Å². The molecule has 0 unspecified atom stereocenters. The van der Waals surface area contributed by atoms with Gasteiger partial charge in [0.15, 0.2) is 5.78 Å². The molecule has 2 amide bonds. The first-order chi connectivity index (χ1) is 13.5. The van der Waals surface area contributed by atoms with Crippen molar-refractivity contribution in [2.75, 3.05) is 5.32 Å². The van der Waals surface area contributed by atoms with Crippen molar-refractivity contribution in [3.63, 3.8) is 0 Å². The monoisotopic (exact) mass is 373 g/mol. The van der Waals surface area contributed by atoms with Gasteiger partial charge < -0.3 is 10.6 Å². The topological polar surface area (TPSA) is 88.2 Å². The SMILES string of the molecule is CC(=O)c1ccc(NC(=O)c2ccc(C(=O)NCc3cccnc3)cc2)cc1. The molecule has 3 aromatic rings. The molecular weight excluding hydrogens is 354 g/mol. The van der Waals surface area contributed by atoms with Gasteiger partial charge in [-0.25, -0.2) is 0 Å². The lowest BCUT2D eigenvalue weighted by Crippen LogP contribution is -2.23. The first-order valence-corrected chi connectivity index (χ1v) is 8.72. The number of pyridine rings is 1. The van der Waals surface area contributed by atoms with Crippen molar-refractivity contribution in [3.05, 3.63) is 95.3 Å². The number of carbonyl (C=O) groups is 3. The van der Waals surface area contributed by atoms with Gasteiger partial charge in [-0.2, -0.15) is 0 Å². The van der Waals surface area contributed by atoms with Gasteiger partial charge in [-0.05, 0) is 67.1 Å². The highest BCUT2D eigenvalue weighted by atomic mass is 16.2. The van der Waals surface area contributed by atoms with Gasteiger partial charge in [0.25, 0.3) is 11.8 Å². The summed E-state index contributed by atoms with van der Waals surface area (Å²) >= 11 is 0. The van der Waals surface area contributed by atoms with Crippen LogP contribution in [-0.2, 0) is 6.54 Å². The number of Topliss-reactive ketones (excluding diaryl/α,β-unsaturated/α-hetero) is 1. The molecule has 0 aliphatic rings. The number of ketones is 1. The van der Waals surface area contributed by atoms with Gasteiger partial charge >= 0.3 is 0 Å². The molecule has 6 heteroatoms. The lowest BCUT2D eigenvalue weighted by molar-refractivity contribution is 0.0948. The summed E-state index contributed by atoms with van der Waals surface area (Å²) in [6.07, 6.45) is 3.36. The minimum absolute atomic E-state index is 0.0322. The van der Waals surface area contributed by atoms with E-state index in [4.69, 9.17) is 0 Å². The molecule has 3 rings (SSSR count). The Hall–Kier alpha value is -3.80. The van der Waals surface area contributed by atoms with E-state index >= 15 is 0 Å². The van der Waals surface area contributed by atoms with E-state index in [-0.39, 0.29) is 17.6 Å². The first kappa shape index (κ1) is 19.0. The van der Waals surface area contributed by atoms with Gasteiger partial charge in [-0.1, -0.05) is 6.07 Å². The smallest absolute Gasteiger partial charge is 0.255 e. The summed E-state index contributed by atoms with van der Waals surface area (Å²) in [5.41, 5.74) is 2.97. The number of nitrogens with one attached hydrogen (secondary N) is 2. The number of rotatable bonds is 6. The molecule has 140 valence electrons. The minimum atomic E-state index is -0.294. The average Bonchev–Trinajstić information content (AvgIpc) is 2.73. The van der Waals surface area contributed by atoms with Crippen LogP contribution in [0.5, 0.6) is 0 Å². The standard InChI is InChI=1S/C22H19N3O3/c1-15(26)17-8-10-20(11-9-17)25-22(28)19-6-4-18(5-7-19)21(27)24-14-16-3-2-12-23-13-16/h2-13H,14H2,1H3,(H,24,27)(H,25,28). The van der Waals surface area contributed by atoms with Crippen molar-refractivity contribution < 1.29 is 14.4 Å². The van der Waals surface area contributed by atoms with Gasteiger partial charge in [0.1, 0.15) is 0 Å². The molecule has 2 N–H and O–H groups in total. The maximum atomic E-state index is 12.3. The Bertz CT molecular complexity index is 982. The molecule has 28 heavy (non-hydrogen) atoms. The maximum absolute atomic E-state index is 12.3. The summed E-state index contributed by atoms with van der Waals surface area (Å²) in [7, 11) is 0. The van der Waals surface area contributed by atoms with Crippen LogP contribution in [0.1, 0.15) is 43.6 Å². The molecule has 0 saturated heterocycles. The summed E-state index contributed by atoms with van der Waals surface area (Å²) in [5.74, 6) is -0.552. The molecule has 0 spiro atoms. The van der Waals surface area contributed by atoms with Gasteiger partial charge in [0.2, 0.25) is 0 Å². The number of carbonyl (C=O) groups excluding carboxylic acids is 3. The van der Waals surface area contributed by atoms with Crippen molar-refractivity contribution in [1.82, 2.24) is 10.3 Å². The number of nitrogens with zero attached hydrogens (tertiary/aromatic N) is 1. The third-order valence-electron chi connectivity index (χ3n) is 4.13. The van der Waals surface area contributed by atoms with Crippen LogP contribution in [0.15, 0.2) is 73.1 Å². The number of anilines is 1. The molecule has 0 bridgehead atoms. The van der Waals surface area contributed by atoms with Gasteiger partial charge in [0, 0.05) is 41.3 Å². The fraction of sp³-hybridized carbons (Fsp3) is 0.0909. The highest BCUT2D eigenvalue weighted by Crippen LogP contribution is 2.13. The van der Waals surface area contributed by atoms with Crippen molar-refractivity contribution in [1.29, 1.82) is 0 Å². The molecule has 1 heterocycles. The fourth-order valence-corrected chi connectivity index (χ4v) is 2.55. The summed E-state index contributed by atoms with van der Waals surface area (Å²) in [4.78, 5) is 39.8. The van der Waals surface area contributed by atoms with Crippen LogP contribution in [-0.4, -0.2) is 22.6 Å². The van der Waals surface area contributed by atoms with E-state index in [2.05, 4.69) is 15.6 Å². The molecule has 6 nitrogen and oxygen atoms in total. The fourth-order valence-electron chi connectivity index (χ4n) is 2.55. The van der Waals surface area contributed by atoms with E-state index in [1.165, 1.54) is 6.92 Å². The predicted octanol–water partition coefficient (Wildman–Crippen LogP) is 3.47. The Morgan fingerprint density at radius 2 is 1.43 bits per heavy atom. The highest BCUT2D eigenvalue weighted by Gasteiger charge is 2.10. The number of hydrogen-bond acceptors (Lipinski definition) is 4. The molecule has 0 saturated carbocycles. The highest BCUT2D eigenvalue weighted by molar-refractivity contribution is 6.05. The predicted molar refractivity (Wildman–Crippen MR) is 106 cm³/mol. The summed E-state index contributed by atoms with van der Waals surface area (Å²) in [5, 5.41) is 5.57. The van der Waals surface area contributed by atoms with E-state index in [9.17, 15) is 14.4 Å². The van der Waals surface area contributed by atoms with Crippen molar-refractivity contribution in [3.8, 4) is 0 Å². The summed E-state index contributed by atoms with van der Waals surface area (Å²) < 4.78 is 0. The zero-order valence-corrected chi connectivity index (χ0v) is 15.3. The van der Waals surface area contributed by atoms with E-state index < -0.39 is 0 Å². The number of benzene rings is 2. The van der Waals surface area contributed by atoms with Crippen molar-refractivity contribution in [2.24, 2.45) is 0 Å². The average molecular weight is 373 g/mol. The Balaban J connectivity index is 1.59. The van der Waals surface area contributed by atoms with Crippen LogP contribution < -0.4 is 10.6 Å². The molecule has 0 aliphatic heterocycles. The summed E-state index contributed by atoms with van der Waals surface area (Å²) in [6, 6.07) is 16.8. The maximum Gasteiger partial charge on any atom is 0.255 e. The van der Waals surface area contributed by atoms with Crippen LogP contribution >= 0.6 is 0 Å². The molecule has 0 aliphatic carbocycles. The minimum Gasteiger partial charge on any atom is -0.348 e. The lowest BCUT2D eigenvalue weighted by atomic mass is 10.1. The van der Waals surface area contributed by atoms with Gasteiger partial charge in [-0.3, -0.25) is 19.4 Å². The molecule has 0 fully saturated rings. The Labute approximate surface area is 162 Å².